The van der Waals surface area contributed by atoms with Gasteiger partial charge in [-0.25, -0.2) is 4.98 Å². The second-order valence-electron chi connectivity index (χ2n) is 3.46. The Balaban J connectivity index is 2.68. The molecule has 2 N–H and O–H groups in total. The maximum Gasteiger partial charge on any atom is 0.389 e. The van der Waals surface area contributed by atoms with Crippen molar-refractivity contribution in [2.24, 2.45) is 5.73 Å². The van der Waals surface area contributed by atoms with Gasteiger partial charge in [-0.2, -0.15) is 13.2 Å². The molecule has 15 heavy (non-hydrogen) atoms. The first-order chi connectivity index (χ1) is 6.79. The Labute approximate surface area is 90.3 Å². The summed E-state index contributed by atoms with van der Waals surface area (Å²) in [5.74, 6) is 0. The van der Waals surface area contributed by atoms with Crippen molar-refractivity contribution in [3.63, 3.8) is 0 Å². The molecule has 0 saturated heterocycles. The summed E-state index contributed by atoms with van der Waals surface area (Å²) in [6.45, 7) is 3.57. The lowest BCUT2D eigenvalue weighted by atomic mass is 10.2. The smallest absolute Gasteiger partial charge is 0.323 e. The minimum Gasteiger partial charge on any atom is -0.323 e. The molecule has 1 aromatic rings. The number of rotatable bonds is 3. The Morgan fingerprint density at radius 1 is 1.47 bits per heavy atom. The van der Waals surface area contributed by atoms with Crippen LogP contribution in [0.15, 0.2) is 0 Å². The van der Waals surface area contributed by atoms with E-state index in [-0.39, 0.29) is 12.5 Å². The minimum absolute atomic E-state index is 0.0538. The molecule has 0 aromatic carbocycles. The van der Waals surface area contributed by atoms with Crippen LogP contribution in [0.2, 0.25) is 0 Å². The van der Waals surface area contributed by atoms with Crippen LogP contribution in [0.5, 0.6) is 0 Å². The van der Waals surface area contributed by atoms with Crippen molar-refractivity contribution >= 4 is 11.3 Å². The van der Waals surface area contributed by atoms with Crippen molar-refractivity contribution in [1.82, 2.24) is 4.98 Å². The maximum atomic E-state index is 12.0. The zero-order valence-electron chi connectivity index (χ0n) is 8.56. The molecule has 1 heterocycles. The van der Waals surface area contributed by atoms with E-state index in [9.17, 15) is 13.2 Å². The van der Waals surface area contributed by atoms with E-state index in [1.807, 2.05) is 0 Å². The van der Waals surface area contributed by atoms with Crippen LogP contribution in [-0.4, -0.2) is 11.2 Å². The number of nitrogens with two attached hydrogens (primary N) is 1. The fourth-order valence-electron chi connectivity index (χ4n) is 1.24. The van der Waals surface area contributed by atoms with Crippen molar-refractivity contribution < 1.29 is 13.2 Å². The van der Waals surface area contributed by atoms with Gasteiger partial charge in [0.05, 0.1) is 10.7 Å². The average molecular weight is 238 g/mol. The van der Waals surface area contributed by atoms with Crippen LogP contribution in [0.3, 0.4) is 0 Å². The number of alkyl halides is 3. The number of aryl methyl sites for hydroxylation is 2. The molecule has 0 spiro atoms. The van der Waals surface area contributed by atoms with E-state index in [0.717, 1.165) is 10.6 Å². The molecule has 1 rings (SSSR count). The highest BCUT2D eigenvalue weighted by atomic mass is 32.1. The van der Waals surface area contributed by atoms with Crippen molar-refractivity contribution in [1.29, 1.82) is 0 Å². The number of aromatic nitrogens is 1. The van der Waals surface area contributed by atoms with Crippen LogP contribution in [0.1, 0.15) is 35.0 Å². The van der Waals surface area contributed by atoms with Crippen LogP contribution in [-0.2, 0) is 6.42 Å². The zero-order chi connectivity index (χ0) is 11.6. The number of hydrogen-bond donors (Lipinski definition) is 1. The third-order valence-corrected chi connectivity index (χ3v) is 3.33. The molecule has 2 nitrogen and oxygen atoms in total. The van der Waals surface area contributed by atoms with Gasteiger partial charge in [0.1, 0.15) is 0 Å². The summed E-state index contributed by atoms with van der Waals surface area (Å²) in [6, 6.07) is -0.165. The quantitative estimate of drug-likeness (QED) is 0.879. The van der Waals surface area contributed by atoms with Gasteiger partial charge in [-0.15, -0.1) is 11.3 Å². The van der Waals surface area contributed by atoms with Crippen LogP contribution >= 0.6 is 11.3 Å². The molecule has 6 heteroatoms. The molecule has 0 aliphatic heterocycles. The summed E-state index contributed by atoms with van der Waals surface area (Å²) in [6.07, 6.45) is -4.99. The molecule has 0 fully saturated rings. The average Bonchev–Trinajstić information content (AvgIpc) is 2.42. The fraction of sp³-hybridized carbons (Fsp3) is 0.667. The maximum absolute atomic E-state index is 12.0. The SMILES string of the molecule is Cc1nc(CCC(F)(F)F)sc1C(C)N. The number of nitrogens with zero attached hydrogens (tertiary/aromatic N) is 1. The highest BCUT2D eigenvalue weighted by Crippen LogP contribution is 2.27. The molecule has 1 unspecified atom stereocenters. The number of hydrogen-bond acceptors (Lipinski definition) is 3. The Kier molecular flexibility index (Phi) is 3.72. The predicted molar refractivity (Wildman–Crippen MR) is 53.8 cm³/mol. The molecule has 0 bridgehead atoms. The highest BCUT2D eigenvalue weighted by molar-refractivity contribution is 7.11. The lowest BCUT2D eigenvalue weighted by Crippen LogP contribution is -2.08. The fourth-order valence-corrected chi connectivity index (χ4v) is 2.26. The lowest BCUT2D eigenvalue weighted by molar-refractivity contribution is -0.134. The normalized spacial score (nSPS) is 14.3. The van der Waals surface area contributed by atoms with Gasteiger partial charge in [0.2, 0.25) is 0 Å². The highest BCUT2D eigenvalue weighted by Gasteiger charge is 2.27. The Bertz CT molecular complexity index is 331. The summed E-state index contributed by atoms with van der Waals surface area (Å²) < 4.78 is 35.9. The van der Waals surface area contributed by atoms with Crippen LogP contribution in [0.25, 0.3) is 0 Å². The first-order valence-corrected chi connectivity index (χ1v) is 5.40. The Morgan fingerprint density at radius 2 is 2.07 bits per heavy atom. The molecular weight excluding hydrogens is 225 g/mol. The van der Waals surface area contributed by atoms with Crippen LogP contribution in [0.4, 0.5) is 13.2 Å². The minimum atomic E-state index is -4.12. The molecule has 0 amide bonds. The lowest BCUT2D eigenvalue weighted by Gasteiger charge is -2.03. The van der Waals surface area contributed by atoms with Crippen molar-refractivity contribution in [2.75, 3.05) is 0 Å². The van der Waals surface area contributed by atoms with Gasteiger partial charge in [-0.05, 0) is 13.8 Å². The first kappa shape index (κ1) is 12.4. The Morgan fingerprint density at radius 3 is 2.47 bits per heavy atom. The van der Waals surface area contributed by atoms with E-state index < -0.39 is 12.6 Å². The number of thiazole rings is 1. The summed E-state index contributed by atoms with van der Waals surface area (Å²) in [5.41, 5.74) is 6.40. The third kappa shape index (κ3) is 3.79. The topological polar surface area (TPSA) is 38.9 Å². The second-order valence-corrected chi connectivity index (χ2v) is 4.58. The largest absolute Gasteiger partial charge is 0.389 e. The van der Waals surface area contributed by atoms with Gasteiger partial charge in [-0.3, -0.25) is 0 Å². The molecule has 0 aliphatic carbocycles. The van der Waals surface area contributed by atoms with Gasteiger partial charge in [0.15, 0.2) is 0 Å². The second kappa shape index (κ2) is 4.49. The Hall–Kier alpha value is -0.620. The summed E-state index contributed by atoms with van der Waals surface area (Å²) in [4.78, 5) is 4.94. The van der Waals surface area contributed by atoms with E-state index in [1.165, 1.54) is 11.3 Å². The molecule has 0 aliphatic rings. The van der Waals surface area contributed by atoms with Gasteiger partial charge < -0.3 is 5.73 Å². The molecule has 0 saturated carbocycles. The van der Waals surface area contributed by atoms with E-state index in [4.69, 9.17) is 5.73 Å². The molecule has 1 aromatic heterocycles. The van der Waals surface area contributed by atoms with Crippen molar-refractivity contribution in [3.8, 4) is 0 Å². The molecule has 0 radical (unpaired) electrons. The van der Waals surface area contributed by atoms with Gasteiger partial charge >= 0.3 is 6.18 Å². The summed E-state index contributed by atoms with van der Waals surface area (Å²) in [7, 11) is 0. The van der Waals surface area contributed by atoms with E-state index >= 15 is 0 Å². The monoisotopic (exact) mass is 238 g/mol. The van der Waals surface area contributed by atoms with E-state index in [1.54, 1.807) is 13.8 Å². The van der Waals surface area contributed by atoms with E-state index in [0.29, 0.717) is 5.01 Å². The van der Waals surface area contributed by atoms with E-state index in [2.05, 4.69) is 4.98 Å². The first-order valence-electron chi connectivity index (χ1n) is 4.58. The van der Waals surface area contributed by atoms with Gasteiger partial charge in [-0.1, -0.05) is 0 Å². The summed E-state index contributed by atoms with van der Waals surface area (Å²) in [5, 5.41) is 0.511. The van der Waals surface area contributed by atoms with Crippen LogP contribution < -0.4 is 5.73 Å². The molecule has 86 valence electrons. The summed E-state index contributed by atoms with van der Waals surface area (Å²) >= 11 is 1.27. The predicted octanol–water partition coefficient (Wildman–Crippen LogP) is 2.97. The van der Waals surface area contributed by atoms with Gasteiger partial charge in [0.25, 0.3) is 0 Å². The third-order valence-electron chi connectivity index (χ3n) is 1.91. The van der Waals surface area contributed by atoms with Crippen molar-refractivity contribution in [3.05, 3.63) is 15.6 Å². The molecule has 1 atom stereocenters. The number of halogens is 3. The van der Waals surface area contributed by atoms with Crippen molar-refractivity contribution in [2.45, 2.75) is 38.9 Å². The standard InChI is InChI=1S/C9H13F3N2S/c1-5(13)8-6(2)14-7(15-8)3-4-9(10,11)12/h5H,3-4,13H2,1-2H3. The van der Waals surface area contributed by atoms with Gasteiger partial charge in [0, 0.05) is 23.8 Å². The zero-order valence-corrected chi connectivity index (χ0v) is 9.37. The molecular formula is C9H13F3N2S. The van der Waals surface area contributed by atoms with Crippen LogP contribution in [0, 0.1) is 6.92 Å².